The molecule has 0 amide bonds. The molecule has 1 aromatic carbocycles. The predicted molar refractivity (Wildman–Crippen MR) is 74.7 cm³/mol. The monoisotopic (exact) mass is 288 g/mol. The molecule has 110 valence electrons. The van der Waals surface area contributed by atoms with Gasteiger partial charge in [0.15, 0.2) is 11.5 Å². The van der Waals surface area contributed by atoms with Crippen molar-refractivity contribution in [2.75, 3.05) is 6.79 Å². The fourth-order valence-electron chi connectivity index (χ4n) is 2.95. The third kappa shape index (κ3) is 2.02. The van der Waals surface area contributed by atoms with E-state index in [-0.39, 0.29) is 13.2 Å². The third-order valence-electron chi connectivity index (χ3n) is 4.29. The summed E-state index contributed by atoms with van der Waals surface area (Å²) in [5.74, 6) is 2.07. The average molecular weight is 288 g/mol. The zero-order chi connectivity index (χ0) is 14.4. The van der Waals surface area contributed by atoms with Crippen molar-refractivity contribution in [1.82, 2.24) is 9.55 Å². The summed E-state index contributed by atoms with van der Waals surface area (Å²) in [6, 6.07) is 3.80. The number of carboxylic acid groups (broad SMARTS) is 1. The number of carboxylic acids is 1. The molecule has 2 aliphatic rings. The number of benzene rings is 1. The Balaban J connectivity index is 1.82. The molecule has 1 aromatic heterocycles. The zero-order valence-corrected chi connectivity index (χ0v) is 11.5. The van der Waals surface area contributed by atoms with E-state index in [9.17, 15) is 4.79 Å². The van der Waals surface area contributed by atoms with Crippen molar-refractivity contribution >= 4 is 17.0 Å². The van der Waals surface area contributed by atoms with Crippen LogP contribution in [0.5, 0.6) is 11.5 Å². The normalized spacial score (nSPS) is 17.1. The Kier molecular flexibility index (Phi) is 2.77. The molecule has 6 heteroatoms. The number of carbonyl (C=O) groups is 1. The fourth-order valence-corrected chi connectivity index (χ4v) is 2.95. The molecule has 1 saturated carbocycles. The van der Waals surface area contributed by atoms with Gasteiger partial charge in [-0.25, -0.2) is 4.98 Å². The quantitative estimate of drug-likeness (QED) is 0.935. The van der Waals surface area contributed by atoms with Crippen molar-refractivity contribution in [2.24, 2.45) is 0 Å². The predicted octanol–water partition coefficient (Wildman–Crippen LogP) is 2.51. The van der Waals surface area contributed by atoms with Gasteiger partial charge < -0.3 is 19.1 Å². The van der Waals surface area contributed by atoms with Crippen LogP contribution in [-0.2, 0) is 11.3 Å². The molecule has 0 spiro atoms. The van der Waals surface area contributed by atoms with Crippen LogP contribution in [0.25, 0.3) is 11.0 Å². The van der Waals surface area contributed by atoms with Crippen molar-refractivity contribution in [1.29, 1.82) is 0 Å². The maximum Gasteiger partial charge on any atom is 0.305 e. The molecule has 0 unspecified atom stereocenters. The molecule has 0 radical (unpaired) electrons. The second-order valence-corrected chi connectivity index (χ2v) is 5.59. The number of nitrogens with zero attached hydrogens (tertiary/aromatic N) is 2. The van der Waals surface area contributed by atoms with E-state index in [1.807, 2.05) is 16.7 Å². The van der Waals surface area contributed by atoms with Gasteiger partial charge in [-0.05, 0) is 12.8 Å². The summed E-state index contributed by atoms with van der Waals surface area (Å²) in [6.07, 6.45) is 3.57. The van der Waals surface area contributed by atoms with Crippen LogP contribution in [0, 0.1) is 0 Å². The number of hydrogen-bond acceptors (Lipinski definition) is 4. The molecular formula is C15H16N2O4. The largest absolute Gasteiger partial charge is 0.481 e. The number of aryl methyl sites for hydroxylation is 1. The Morgan fingerprint density at radius 3 is 2.76 bits per heavy atom. The smallest absolute Gasteiger partial charge is 0.305 e. The van der Waals surface area contributed by atoms with Crippen molar-refractivity contribution in [2.45, 2.75) is 38.1 Å². The molecule has 1 N–H and O–H groups in total. The summed E-state index contributed by atoms with van der Waals surface area (Å²) < 4.78 is 12.8. The Bertz CT molecular complexity index is 718. The second kappa shape index (κ2) is 4.65. The first-order valence-corrected chi connectivity index (χ1v) is 7.24. The van der Waals surface area contributed by atoms with Crippen LogP contribution >= 0.6 is 0 Å². The Morgan fingerprint density at radius 2 is 2.10 bits per heavy atom. The van der Waals surface area contributed by atoms with Gasteiger partial charge in [0.05, 0.1) is 17.5 Å². The van der Waals surface area contributed by atoms with Crippen molar-refractivity contribution in [3.8, 4) is 11.5 Å². The molecule has 1 aliphatic heterocycles. The fraction of sp³-hybridized carbons (Fsp3) is 0.467. The van der Waals surface area contributed by atoms with Gasteiger partial charge in [0.1, 0.15) is 5.82 Å². The average Bonchev–Trinajstić information content (AvgIpc) is 2.95. The van der Waals surface area contributed by atoms with E-state index < -0.39 is 5.97 Å². The first-order valence-electron chi connectivity index (χ1n) is 7.24. The lowest BCUT2D eigenvalue weighted by Gasteiger charge is -2.25. The number of aromatic nitrogens is 2. The number of aliphatic carboxylic acids is 1. The molecule has 6 nitrogen and oxygen atoms in total. The SMILES string of the molecule is O=C(O)CCn1c(C2CCC2)nc2cc3c(cc21)OCO3. The molecule has 1 aliphatic carbocycles. The van der Waals surface area contributed by atoms with Gasteiger partial charge in [0.25, 0.3) is 0 Å². The highest BCUT2D eigenvalue weighted by Crippen LogP contribution is 2.40. The highest BCUT2D eigenvalue weighted by atomic mass is 16.7. The summed E-state index contributed by atoms with van der Waals surface area (Å²) >= 11 is 0. The Morgan fingerprint density at radius 1 is 1.33 bits per heavy atom. The minimum atomic E-state index is -0.794. The number of fused-ring (bicyclic) bond motifs is 2. The Labute approximate surface area is 121 Å². The van der Waals surface area contributed by atoms with E-state index in [2.05, 4.69) is 0 Å². The van der Waals surface area contributed by atoms with Gasteiger partial charge in [-0.1, -0.05) is 6.42 Å². The van der Waals surface area contributed by atoms with Crippen molar-refractivity contribution in [3.05, 3.63) is 18.0 Å². The molecule has 0 saturated heterocycles. The maximum atomic E-state index is 10.9. The van der Waals surface area contributed by atoms with Crippen LogP contribution < -0.4 is 9.47 Å². The van der Waals surface area contributed by atoms with Crippen molar-refractivity contribution < 1.29 is 19.4 Å². The van der Waals surface area contributed by atoms with Crippen LogP contribution in [0.1, 0.15) is 37.4 Å². The summed E-state index contributed by atoms with van der Waals surface area (Å²) in [5, 5.41) is 8.96. The van der Waals surface area contributed by atoms with Crippen LogP contribution in [0.4, 0.5) is 0 Å². The van der Waals surface area contributed by atoms with Crippen LogP contribution in [0.2, 0.25) is 0 Å². The molecule has 1 fully saturated rings. The third-order valence-corrected chi connectivity index (χ3v) is 4.29. The van der Waals surface area contributed by atoms with Crippen LogP contribution in [0.3, 0.4) is 0 Å². The summed E-state index contributed by atoms with van der Waals surface area (Å²) in [7, 11) is 0. The molecule has 0 atom stereocenters. The van der Waals surface area contributed by atoms with Gasteiger partial charge >= 0.3 is 5.97 Å². The molecular weight excluding hydrogens is 272 g/mol. The van der Waals surface area contributed by atoms with E-state index in [1.54, 1.807) is 0 Å². The maximum absolute atomic E-state index is 10.9. The Hall–Kier alpha value is -2.24. The van der Waals surface area contributed by atoms with Crippen molar-refractivity contribution in [3.63, 3.8) is 0 Å². The van der Waals surface area contributed by atoms with Gasteiger partial charge in [-0.2, -0.15) is 0 Å². The highest BCUT2D eigenvalue weighted by Gasteiger charge is 2.27. The van der Waals surface area contributed by atoms with Gasteiger partial charge in [-0.3, -0.25) is 4.79 Å². The van der Waals surface area contributed by atoms with E-state index in [0.717, 1.165) is 29.7 Å². The van der Waals surface area contributed by atoms with Gasteiger partial charge in [0.2, 0.25) is 6.79 Å². The van der Waals surface area contributed by atoms with E-state index in [0.29, 0.717) is 24.0 Å². The van der Waals surface area contributed by atoms with Crippen LogP contribution in [-0.4, -0.2) is 27.4 Å². The molecule has 0 bridgehead atoms. The summed E-state index contributed by atoms with van der Waals surface area (Å²) in [5.41, 5.74) is 1.79. The van der Waals surface area contributed by atoms with Gasteiger partial charge in [0, 0.05) is 24.6 Å². The number of ether oxygens (including phenoxy) is 2. The minimum Gasteiger partial charge on any atom is -0.481 e. The molecule has 4 rings (SSSR count). The zero-order valence-electron chi connectivity index (χ0n) is 11.5. The lowest BCUT2D eigenvalue weighted by Crippen LogP contribution is -2.16. The molecule has 2 heterocycles. The van der Waals surface area contributed by atoms with Crippen LogP contribution in [0.15, 0.2) is 12.1 Å². The van der Waals surface area contributed by atoms with E-state index >= 15 is 0 Å². The number of imidazole rings is 1. The highest BCUT2D eigenvalue weighted by molar-refractivity contribution is 5.81. The van der Waals surface area contributed by atoms with E-state index in [4.69, 9.17) is 19.6 Å². The lowest BCUT2D eigenvalue weighted by atomic mass is 9.85. The summed E-state index contributed by atoms with van der Waals surface area (Å²) in [4.78, 5) is 15.6. The second-order valence-electron chi connectivity index (χ2n) is 5.59. The van der Waals surface area contributed by atoms with E-state index in [1.165, 1.54) is 6.42 Å². The first kappa shape index (κ1) is 12.5. The number of hydrogen-bond donors (Lipinski definition) is 1. The topological polar surface area (TPSA) is 73.6 Å². The first-order chi connectivity index (χ1) is 10.2. The molecule has 2 aromatic rings. The number of rotatable bonds is 4. The summed E-state index contributed by atoms with van der Waals surface area (Å²) in [6.45, 7) is 0.670. The van der Waals surface area contributed by atoms with Gasteiger partial charge in [-0.15, -0.1) is 0 Å². The lowest BCUT2D eigenvalue weighted by molar-refractivity contribution is -0.137. The molecule has 21 heavy (non-hydrogen) atoms. The standard InChI is InChI=1S/C15H16N2O4/c18-14(19)4-5-17-11-7-13-12(20-8-21-13)6-10(11)16-15(17)9-2-1-3-9/h6-7,9H,1-5,8H2,(H,18,19). The minimum absolute atomic E-state index is 0.0968.